The van der Waals surface area contributed by atoms with E-state index in [1.54, 1.807) is 34.8 Å². The molecule has 0 bridgehead atoms. The molecule has 0 radical (unpaired) electrons. The molecule has 0 fully saturated rings. The van der Waals surface area contributed by atoms with Gasteiger partial charge in [-0.25, -0.2) is 4.98 Å². The molecule has 34 heavy (non-hydrogen) atoms. The van der Waals surface area contributed by atoms with Crippen molar-refractivity contribution >= 4 is 16.8 Å². The first-order valence-electron chi connectivity index (χ1n) is 11.5. The minimum atomic E-state index is -0.476. The van der Waals surface area contributed by atoms with Crippen molar-refractivity contribution in [1.29, 1.82) is 0 Å². The number of aryl methyl sites for hydroxylation is 1. The Hall–Kier alpha value is -3.71. The molecule has 0 N–H and O–H groups in total. The van der Waals surface area contributed by atoms with Gasteiger partial charge in [-0.3, -0.25) is 14.2 Å². The highest BCUT2D eigenvalue weighted by Crippen LogP contribution is 2.27. The summed E-state index contributed by atoms with van der Waals surface area (Å²) in [6.07, 6.45) is 2.92. The second-order valence-corrected chi connectivity index (χ2v) is 8.04. The van der Waals surface area contributed by atoms with Crippen LogP contribution in [0.5, 0.6) is 0 Å². The van der Waals surface area contributed by atoms with Crippen LogP contribution >= 0.6 is 0 Å². The number of benzene rings is 2. The van der Waals surface area contributed by atoms with E-state index < -0.39 is 6.04 Å². The Balaban J connectivity index is 1.93. The van der Waals surface area contributed by atoms with Gasteiger partial charge in [0.05, 0.1) is 35.5 Å². The van der Waals surface area contributed by atoms with Crippen LogP contribution in [0.1, 0.15) is 48.3 Å². The molecular formula is C27H29N3O4. The van der Waals surface area contributed by atoms with Gasteiger partial charge in [0, 0.05) is 13.7 Å². The number of fused-ring (bicyclic) bond motifs is 1. The average molecular weight is 460 g/mol. The molecule has 4 aromatic rings. The molecule has 2 aromatic heterocycles. The van der Waals surface area contributed by atoms with Crippen molar-refractivity contribution in [3.63, 3.8) is 0 Å². The van der Waals surface area contributed by atoms with Gasteiger partial charge in [-0.1, -0.05) is 38.1 Å². The third-order valence-electron chi connectivity index (χ3n) is 5.99. The van der Waals surface area contributed by atoms with Crippen LogP contribution in [0.3, 0.4) is 0 Å². The lowest BCUT2D eigenvalue weighted by molar-refractivity contribution is 0.0548. The van der Waals surface area contributed by atoms with Crippen LogP contribution in [0, 0.1) is 0 Å². The fourth-order valence-corrected chi connectivity index (χ4v) is 4.18. The molecule has 2 aromatic carbocycles. The summed E-state index contributed by atoms with van der Waals surface area (Å²) in [5.41, 5.74) is 2.32. The van der Waals surface area contributed by atoms with Crippen LogP contribution in [0.15, 0.2) is 76.1 Å². The van der Waals surface area contributed by atoms with Crippen LogP contribution < -0.4 is 5.56 Å². The van der Waals surface area contributed by atoms with Gasteiger partial charge < -0.3 is 14.1 Å². The third kappa shape index (κ3) is 4.52. The minimum Gasteiger partial charge on any atom is -0.459 e. The highest BCUT2D eigenvalue weighted by Gasteiger charge is 2.30. The Morgan fingerprint density at radius 3 is 2.50 bits per heavy atom. The molecule has 1 amide bonds. The Labute approximate surface area is 198 Å². The summed E-state index contributed by atoms with van der Waals surface area (Å²) in [4.78, 5) is 33.8. The predicted molar refractivity (Wildman–Crippen MR) is 131 cm³/mol. The summed E-state index contributed by atoms with van der Waals surface area (Å²) in [5, 5.41) is 0.529. The normalized spacial score (nSPS) is 12.1. The number of hydrogen-bond acceptors (Lipinski definition) is 5. The Morgan fingerprint density at radius 2 is 1.85 bits per heavy atom. The van der Waals surface area contributed by atoms with E-state index in [9.17, 15) is 9.59 Å². The molecule has 176 valence electrons. The molecule has 0 aliphatic carbocycles. The van der Waals surface area contributed by atoms with Gasteiger partial charge >= 0.3 is 0 Å². The van der Waals surface area contributed by atoms with Gasteiger partial charge in [0.25, 0.3) is 11.5 Å². The van der Waals surface area contributed by atoms with Crippen molar-refractivity contribution in [2.75, 3.05) is 20.3 Å². The van der Waals surface area contributed by atoms with Gasteiger partial charge in [-0.15, -0.1) is 0 Å². The lowest BCUT2D eigenvalue weighted by Gasteiger charge is -2.31. The molecule has 1 atom stereocenters. The summed E-state index contributed by atoms with van der Waals surface area (Å²) in [6.45, 7) is 4.73. The topological polar surface area (TPSA) is 77.6 Å². The fourth-order valence-electron chi connectivity index (χ4n) is 4.18. The molecule has 0 aliphatic heterocycles. The van der Waals surface area contributed by atoms with Crippen LogP contribution in [0.2, 0.25) is 0 Å². The first kappa shape index (κ1) is 23.4. The molecule has 0 aliphatic rings. The van der Waals surface area contributed by atoms with Crippen molar-refractivity contribution < 1.29 is 13.9 Å². The lowest BCUT2D eigenvalue weighted by atomic mass is 10.1. The van der Waals surface area contributed by atoms with Crippen LogP contribution in [0.25, 0.3) is 16.6 Å². The van der Waals surface area contributed by atoms with E-state index in [2.05, 4.69) is 6.92 Å². The van der Waals surface area contributed by atoms with E-state index >= 15 is 0 Å². The van der Waals surface area contributed by atoms with E-state index in [1.165, 1.54) is 11.8 Å². The van der Waals surface area contributed by atoms with E-state index in [4.69, 9.17) is 14.1 Å². The Bertz CT molecular complexity index is 1310. The summed E-state index contributed by atoms with van der Waals surface area (Å²) in [7, 11) is 1.59. The number of methoxy groups -OCH3 is 1. The highest BCUT2D eigenvalue weighted by molar-refractivity contribution is 5.91. The van der Waals surface area contributed by atoms with E-state index in [0.717, 1.165) is 6.42 Å². The number of amides is 1. The van der Waals surface area contributed by atoms with E-state index in [-0.39, 0.29) is 17.2 Å². The first-order valence-corrected chi connectivity index (χ1v) is 11.5. The van der Waals surface area contributed by atoms with Gasteiger partial charge in [0.15, 0.2) is 5.76 Å². The van der Waals surface area contributed by atoms with Gasteiger partial charge in [-0.05, 0) is 54.8 Å². The SMILES string of the molecule is CCc1ccc(-n2c(C(CC)N(CCOC)C(=O)c3ccco3)nc3ccccc3c2=O)cc1. The number of para-hydroxylation sites is 1. The number of nitrogens with zero attached hydrogens (tertiary/aromatic N) is 3. The Morgan fingerprint density at radius 1 is 1.09 bits per heavy atom. The number of carbonyl (C=O) groups excluding carboxylic acids is 1. The van der Waals surface area contributed by atoms with Crippen molar-refractivity contribution in [1.82, 2.24) is 14.5 Å². The highest BCUT2D eigenvalue weighted by atomic mass is 16.5. The molecular weight excluding hydrogens is 430 g/mol. The average Bonchev–Trinajstić information content (AvgIpc) is 3.41. The van der Waals surface area contributed by atoms with Crippen LogP contribution in [-0.2, 0) is 11.2 Å². The molecule has 0 saturated heterocycles. The maximum Gasteiger partial charge on any atom is 0.290 e. The monoisotopic (exact) mass is 459 g/mol. The van der Waals surface area contributed by atoms with Crippen molar-refractivity contribution in [2.45, 2.75) is 32.7 Å². The van der Waals surface area contributed by atoms with Crippen molar-refractivity contribution in [2.24, 2.45) is 0 Å². The number of rotatable bonds is 9. The van der Waals surface area contributed by atoms with Crippen molar-refractivity contribution in [3.8, 4) is 5.69 Å². The zero-order valence-corrected chi connectivity index (χ0v) is 19.7. The van der Waals surface area contributed by atoms with Crippen LogP contribution in [-0.4, -0.2) is 40.6 Å². The maximum atomic E-state index is 13.7. The van der Waals surface area contributed by atoms with Gasteiger partial charge in [-0.2, -0.15) is 0 Å². The first-order chi connectivity index (χ1) is 16.6. The second kappa shape index (κ2) is 10.5. The zero-order chi connectivity index (χ0) is 24.1. The number of aromatic nitrogens is 2. The van der Waals surface area contributed by atoms with Gasteiger partial charge in [0.1, 0.15) is 5.82 Å². The second-order valence-electron chi connectivity index (χ2n) is 8.04. The van der Waals surface area contributed by atoms with Crippen molar-refractivity contribution in [3.05, 3.63) is 94.4 Å². The smallest absolute Gasteiger partial charge is 0.290 e. The quantitative estimate of drug-likeness (QED) is 0.360. The number of hydrogen-bond donors (Lipinski definition) is 0. The standard InChI is InChI=1S/C27H29N3O4/c1-4-19-12-14-20(15-13-19)30-25(28-22-10-7-6-9-21(22)26(30)31)23(5-2)29(16-18-33-3)27(32)24-11-8-17-34-24/h6-15,17,23H,4-5,16,18H2,1-3H3. The molecule has 1 unspecified atom stereocenters. The summed E-state index contributed by atoms with van der Waals surface area (Å²) in [5.74, 6) is 0.465. The molecule has 0 spiro atoms. The fraction of sp³-hybridized carbons (Fsp3) is 0.296. The molecule has 2 heterocycles. The summed E-state index contributed by atoms with van der Waals surface area (Å²) >= 11 is 0. The number of furan rings is 1. The molecule has 4 rings (SSSR count). The summed E-state index contributed by atoms with van der Waals surface area (Å²) in [6, 6.07) is 18.0. The van der Waals surface area contributed by atoms with Gasteiger partial charge in [0.2, 0.25) is 0 Å². The van der Waals surface area contributed by atoms with E-state index in [0.29, 0.717) is 42.0 Å². The number of ether oxygens (including phenoxy) is 1. The zero-order valence-electron chi connectivity index (χ0n) is 19.7. The Kier molecular flexibility index (Phi) is 7.23. The maximum absolute atomic E-state index is 13.7. The minimum absolute atomic E-state index is 0.166. The lowest BCUT2D eigenvalue weighted by Crippen LogP contribution is -2.40. The molecule has 0 saturated carbocycles. The predicted octanol–water partition coefficient (Wildman–Crippen LogP) is 4.78. The number of carbonyl (C=O) groups is 1. The summed E-state index contributed by atoms with van der Waals surface area (Å²) < 4.78 is 12.3. The molecule has 7 nitrogen and oxygen atoms in total. The van der Waals surface area contributed by atoms with Crippen LogP contribution in [0.4, 0.5) is 0 Å². The molecule has 7 heteroatoms. The third-order valence-corrected chi connectivity index (χ3v) is 5.99. The largest absolute Gasteiger partial charge is 0.459 e. The van der Waals surface area contributed by atoms with E-state index in [1.807, 2.05) is 49.4 Å².